The van der Waals surface area contributed by atoms with Gasteiger partial charge in [0, 0.05) is 19.1 Å². The molecule has 108 valence electrons. The molecule has 0 aromatic heterocycles. The summed E-state index contributed by atoms with van der Waals surface area (Å²) < 4.78 is 18.0. The zero-order valence-electron chi connectivity index (χ0n) is 10.6. The zero-order chi connectivity index (χ0) is 15.1. The summed E-state index contributed by atoms with van der Waals surface area (Å²) in [5, 5.41) is 10.4. The molecule has 1 atom stereocenters. The number of nitrogens with zero attached hydrogens (tertiary/aromatic N) is 1. The Morgan fingerprint density at radius 3 is 2.20 bits per heavy atom. The molecule has 0 N–H and O–H groups in total. The van der Waals surface area contributed by atoms with Gasteiger partial charge in [0.1, 0.15) is 5.75 Å². The van der Waals surface area contributed by atoms with E-state index in [2.05, 4.69) is 14.2 Å². The van der Waals surface area contributed by atoms with Gasteiger partial charge in [0.05, 0.1) is 12.0 Å². The van der Waals surface area contributed by atoms with E-state index in [0.29, 0.717) is 0 Å². The number of ether oxygens (including phenoxy) is 4. The molecular formula is C11H11NO8. The maximum Gasteiger partial charge on any atom is 0.516 e. The Balaban J connectivity index is 2.49. The highest BCUT2D eigenvalue weighted by molar-refractivity contribution is 5.64. The first-order chi connectivity index (χ1) is 9.42. The van der Waals surface area contributed by atoms with Crippen LogP contribution in [-0.4, -0.2) is 30.6 Å². The Bertz CT molecular complexity index is 498. The van der Waals surface area contributed by atoms with Crippen LogP contribution in [0.3, 0.4) is 0 Å². The molecule has 0 fully saturated rings. The molecule has 1 aromatic carbocycles. The summed E-state index contributed by atoms with van der Waals surface area (Å²) in [6.45, 7) is 1.29. The second-order valence-electron chi connectivity index (χ2n) is 3.36. The van der Waals surface area contributed by atoms with E-state index < -0.39 is 23.5 Å². The van der Waals surface area contributed by atoms with Crippen molar-refractivity contribution in [3.63, 3.8) is 0 Å². The van der Waals surface area contributed by atoms with Crippen molar-refractivity contribution in [3.05, 3.63) is 34.4 Å². The van der Waals surface area contributed by atoms with Crippen LogP contribution in [0.1, 0.15) is 6.92 Å². The number of nitro benzene ring substituents is 1. The van der Waals surface area contributed by atoms with Crippen molar-refractivity contribution in [3.8, 4) is 5.75 Å². The standard InChI is InChI=1S/C11H11NO8/c1-7(18-10(13)17-2)19-11(14)20-9-5-3-8(4-6-9)12(15)16/h3-7H,1-2H3. The molecule has 0 saturated carbocycles. The van der Waals surface area contributed by atoms with Crippen molar-refractivity contribution < 1.29 is 33.5 Å². The Morgan fingerprint density at radius 1 is 1.15 bits per heavy atom. The number of non-ortho nitro benzene ring substituents is 1. The van der Waals surface area contributed by atoms with E-state index >= 15 is 0 Å². The third-order valence-electron chi connectivity index (χ3n) is 1.94. The monoisotopic (exact) mass is 285 g/mol. The van der Waals surface area contributed by atoms with Crippen molar-refractivity contribution in [2.45, 2.75) is 13.2 Å². The molecular weight excluding hydrogens is 274 g/mol. The van der Waals surface area contributed by atoms with Gasteiger partial charge in [-0.25, -0.2) is 9.59 Å². The Kier molecular flexibility index (Phi) is 5.27. The van der Waals surface area contributed by atoms with Crippen LogP contribution in [0.5, 0.6) is 5.75 Å². The van der Waals surface area contributed by atoms with E-state index in [-0.39, 0.29) is 11.4 Å². The first-order valence-corrected chi connectivity index (χ1v) is 5.30. The Labute approximate surface area is 113 Å². The molecule has 0 aliphatic heterocycles. The molecule has 0 amide bonds. The average Bonchev–Trinajstić information content (AvgIpc) is 2.38. The maximum atomic E-state index is 11.3. The number of rotatable bonds is 4. The maximum absolute atomic E-state index is 11.3. The predicted octanol–water partition coefficient (Wildman–Crippen LogP) is 2.24. The van der Waals surface area contributed by atoms with Crippen LogP contribution >= 0.6 is 0 Å². The van der Waals surface area contributed by atoms with Crippen molar-refractivity contribution in [2.75, 3.05) is 7.11 Å². The van der Waals surface area contributed by atoms with E-state index in [1.165, 1.54) is 19.1 Å². The van der Waals surface area contributed by atoms with Crippen LogP contribution < -0.4 is 4.74 Å². The third kappa shape index (κ3) is 4.80. The third-order valence-corrected chi connectivity index (χ3v) is 1.94. The summed E-state index contributed by atoms with van der Waals surface area (Å²) in [5.74, 6) is 0.0471. The van der Waals surface area contributed by atoms with Crippen LogP contribution in [0.4, 0.5) is 15.3 Å². The van der Waals surface area contributed by atoms with E-state index in [4.69, 9.17) is 4.74 Å². The van der Waals surface area contributed by atoms with Crippen LogP contribution in [0.25, 0.3) is 0 Å². The lowest BCUT2D eigenvalue weighted by atomic mass is 10.3. The van der Waals surface area contributed by atoms with Gasteiger partial charge >= 0.3 is 12.3 Å². The summed E-state index contributed by atoms with van der Waals surface area (Å²) in [6.07, 6.45) is -3.34. The lowest BCUT2D eigenvalue weighted by Gasteiger charge is -2.12. The number of carbonyl (C=O) groups is 2. The summed E-state index contributed by atoms with van der Waals surface area (Å²) in [4.78, 5) is 31.9. The molecule has 9 heteroatoms. The zero-order valence-corrected chi connectivity index (χ0v) is 10.6. The first-order valence-electron chi connectivity index (χ1n) is 5.30. The highest BCUT2D eigenvalue weighted by atomic mass is 16.8. The summed E-state index contributed by atoms with van der Waals surface area (Å²) in [7, 11) is 1.10. The van der Waals surface area contributed by atoms with Gasteiger partial charge < -0.3 is 18.9 Å². The van der Waals surface area contributed by atoms with Crippen molar-refractivity contribution >= 4 is 18.0 Å². The van der Waals surface area contributed by atoms with Crippen LogP contribution in [0, 0.1) is 10.1 Å². The van der Waals surface area contributed by atoms with Gasteiger partial charge in [-0.3, -0.25) is 10.1 Å². The minimum atomic E-state index is -1.20. The van der Waals surface area contributed by atoms with Crippen molar-refractivity contribution in [1.29, 1.82) is 0 Å². The number of hydrogen-bond acceptors (Lipinski definition) is 8. The summed E-state index contributed by atoms with van der Waals surface area (Å²) in [6, 6.07) is 4.78. The predicted molar refractivity (Wildman–Crippen MR) is 63.2 cm³/mol. The molecule has 0 heterocycles. The van der Waals surface area contributed by atoms with Crippen LogP contribution in [0.2, 0.25) is 0 Å². The van der Waals surface area contributed by atoms with Gasteiger partial charge in [-0.1, -0.05) is 0 Å². The topological polar surface area (TPSA) is 114 Å². The molecule has 0 bridgehead atoms. The quantitative estimate of drug-likeness (QED) is 0.272. The lowest BCUT2D eigenvalue weighted by molar-refractivity contribution is -0.384. The highest BCUT2D eigenvalue weighted by Gasteiger charge is 2.16. The largest absolute Gasteiger partial charge is 0.516 e. The molecule has 20 heavy (non-hydrogen) atoms. The minimum Gasteiger partial charge on any atom is -0.438 e. The Morgan fingerprint density at radius 2 is 1.70 bits per heavy atom. The Hall–Kier alpha value is -2.84. The fraction of sp³-hybridized carbons (Fsp3) is 0.273. The normalized spacial score (nSPS) is 11.1. The van der Waals surface area contributed by atoms with Gasteiger partial charge in [-0.2, -0.15) is 0 Å². The van der Waals surface area contributed by atoms with Crippen LogP contribution in [-0.2, 0) is 14.2 Å². The smallest absolute Gasteiger partial charge is 0.438 e. The molecule has 1 aromatic rings. The molecule has 0 saturated heterocycles. The number of hydrogen-bond donors (Lipinski definition) is 0. The van der Waals surface area contributed by atoms with E-state index in [1.54, 1.807) is 0 Å². The second kappa shape index (κ2) is 6.92. The van der Waals surface area contributed by atoms with Gasteiger partial charge in [0.2, 0.25) is 0 Å². The van der Waals surface area contributed by atoms with Gasteiger partial charge in [0.25, 0.3) is 12.0 Å². The number of nitro groups is 1. The molecule has 0 spiro atoms. The van der Waals surface area contributed by atoms with Gasteiger partial charge in [-0.05, 0) is 12.1 Å². The molecule has 1 unspecified atom stereocenters. The number of methoxy groups -OCH3 is 1. The summed E-state index contributed by atoms with van der Waals surface area (Å²) in [5.41, 5.74) is -0.145. The van der Waals surface area contributed by atoms with Gasteiger partial charge in [0.15, 0.2) is 0 Å². The van der Waals surface area contributed by atoms with Crippen LogP contribution in [0.15, 0.2) is 24.3 Å². The van der Waals surface area contributed by atoms with E-state index in [0.717, 1.165) is 19.2 Å². The molecule has 0 radical (unpaired) electrons. The van der Waals surface area contributed by atoms with E-state index in [1.807, 2.05) is 0 Å². The molecule has 9 nitrogen and oxygen atoms in total. The minimum absolute atomic E-state index is 0.0471. The first kappa shape index (κ1) is 15.2. The summed E-state index contributed by atoms with van der Waals surface area (Å²) >= 11 is 0. The number of benzene rings is 1. The van der Waals surface area contributed by atoms with Crippen molar-refractivity contribution in [1.82, 2.24) is 0 Å². The SMILES string of the molecule is COC(=O)OC(C)OC(=O)Oc1ccc([N+](=O)[O-])cc1. The lowest BCUT2D eigenvalue weighted by Crippen LogP contribution is -2.23. The van der Waals surface area contributed by atoms with Crippen molar-refractivity contribution in [2.24, 2.45) is 0 Å². The molecule has 1 rings (SSSR count). The fourth-order valence-electron chi connectivity index (χ4n) is 1.10. The average molecular weight is 285 g/mol. The molecule has 0 aliphatic rings. The van der Waals surface area contributed by atoms with Gasteiger partial charge in [-0.15, -0.1) is 0 Å². The number of carbonyl (C=O) groups excluding carboxylic acids is 2. The molecule has 0 aliphatic carbocycles. The second-order valence-corrected chi connectivity index (χ2v) is 3.36. The van der Waals surface area contributed by atoms with E-state index in [9.17, 15) is 19.7 Å². The fourth-order valence-corrected chi connectivity index (χ4v) is 1.10. The highest BCUT2D eigenvalue weighted by Crippen LogP contribution is 2.17.